The maximum atomic E-state index is 13.3. The van der Waals surface area contributed by atoms with E-state index in [0.717, 1.165) is 16.7 Å². The molecule has 4 heterocycles. The van der Waals surface area contributed by atoms with Gasteiger partial charge in [0.15, 0.2) is 5.69 Å². The average Bonchev–Trinajstić information content (AvgIpc) is 3.39. The van der Waals surface area contributed by atoms with Gasteiger partial charge in [0.05, 0.1) is 22.8 Å². The van der Waals surface area contributed by atoms with Crippen LogP contribution in [-0.4, -0.2) is 68.7 Å². The summed E-state index contributed by atoms with van der Waals surface area (Å²) in [7, 11) is 3.70. The number of nitrogens with zero attached hydrogens (tertiary/aromatic N) is 5. The number of carboxylic acid groups (broad SMARTS) is 1. The monoisotopic (exact) mass is 575 g/mol. The van der Waals surface area contributed by atoms with Crippen LogP contribution in [-0.2, 0) is 12.7 Å². The van der Waals surface area contributed by atoms with Crippen LogP contribution in [0, 0.1) is 0 Å². The largest absolute Gasteiger partial charge is 0.477 e. The van der Waals surface area contributed by atoms with Crippen molar-refractivity contribution in [3.63, 3.8) is 0 Å². The number of likely N-dealkylation sites (N-methyl/N-ethyl adjacent to an activating group) is 1. The fraction of sp³-hybridized carbons (Fsp3) is 0.280. The Morgan fingerprint density at radius 3 is 2.52 bits per heavy atom. The number of pyridine rings is 3. The van der Waals surface area contributed by atoms with E-state index in [1.165, 1.54) is 30.7 Å². The van der Waals surface area contributed by atoms with Crippen molar-refractivity contribution in [2.75, 3.05) is 32.5 Å². The fourth-order valence-corrected chi connectivity index (χ4v) is 4.69. The second-order valence-electron chi connectivity index (χ2n) is 8.90. The van der Waals surface area contributed by atoms with Crippen molar-refractivity contribution in [1.29, 1.82) is 0 Å². The number of anilines is 1. The SMILES string of the molecule is CCNC(=O)Nc1cc(-c2nc(C(F)(F)F)cs2)c(-c2cc3c(=O)c(C(=O)O)cn(CCN(C)C)c3cn2)cn1. The molecule has 3 N–H and O–H groups in total. The number of hydrogen-bond donors (Lipinski definition) is 3. The second-order valence-corrected chi connectivity index (χ2v) is 9.75. The van der Waals surface area contributed by atoms with Gasteiger partial charge in [-0.25, -0.2) is 19.6 Å². The van der Waals surface area contributed by atoms with Crippen LogP contribution in [0.25, 0.3) is 32.7 Å². The summed E-state index contributed by atoms with van der Waals surface area (Å²) in [4.78, 5) is 51.2. The summed E-state index contributed by atoms with van der Waals surface area (Å²) in [6.45, 7) is 2.98. The first-order valence-electron chi connectivity index (χ1n) is 11.9. The van der Waals surface area contributed by atoms with Gasteiger partial charge in [-0.2, -0.15) is 13.2 Å². The van der Waals surface area contributed by atoms with Crippen LogP contribution < -0.4 is 16.1 Å². The molecule has 0 bridgehead atoms. The zero-order valence-electron chi connectivity index (χ0n) is 21.5. The standard InChI is InChI=1S/C25H24F3N7O4S/c1-4-29-24(39)33-20-8-13(22-32-19(12-40-22)25(26,27)28)15(9-31-20)17-7-14-18(10-30-17)35(6-5-34(2)3)11-16(21(14)36)23(37)38/h7-12H,4-6H2,1-3H3,(H,37,38)(H2,29,31,33,39). The first kappa shape index (κ1) is 28.6. The van der Waals surface area contributed by atoms with Gasteiger partial charge in [-0.1, -0.05) is 0 Å². The molecule has 210 valence electrons. The van der Waals surface area contributed by atoms with E-state index < -0.39 is 34.9 Å². The molecular formula is C25H24F3N7O4S. The first-order valence-corrected chi connectivity index (χ1v) is 12.8. The summed E-state index contributed by atoms with van der Waals surface area (Å²) in [5.74, 6) is -1.34. The molecule has 0 aliphatic rings. The number of carbonyl (C=O) groups excluding carboxylic acids is 1. The molecule has 0 radical (unpaired) electrons. The van der Waals surface area contributed by atoms with Gasteiger partial charge in [0.25, 0.3) is 0 Å². The van der Waals surface area contributed by atoms with Gasteiger partial charge in [-0.3, -0.25) is 15.1 Å². The van der Waals surface area contributed by atoms with Crippen LogP contribution in [0.1, 0.15) is 23.0 Å². The van der Waals surface area contributed by atoms with Crippen LogP contribution in [0.4, 0.5) is 23.8 Å². The lowest BCUT2D eigenvalue weighted by Crippen LogP contribution is -2.28. The molecule has 0 saturated heterocycles. The summed E-state index contributed by atoms with van der Waals surface area (Å²) in [5, 5.41) is 15.6. The Hall–Kier alpha value is -4.37. The molecule has 0 atom stereocenters. The number of alkyl halides is 3. The predicted molar refractivity (Wildman–Crippen MR) is 144 cm³/mol. The highest BCUT2D eigenvalue weighted by Crippen LogP contribution is 2.38. The number of amides is 2. The minimum atomic E-state index is -4.67. The van der Waals surface area contributed by atoms with E-state index in [1.54, 1.807) is 11.5 Å². The minimum Gasteiger partial charge on any atom is -0.477 e. The van der Waals surface area contributed by atoms with Gasteiger partial charge in [0.1, 0.15) is 16.4 Å². The lowest BCUT2D eigenvalue weighted by molar-refractivity contribution is -0.140. The Morgan fingerprint density at radius 1 is 1.15 bits per heavy atom. The number of aromatic nitrogens is 4. The van der Waals surface area contributed by atoms with E-state index in [4.69, 9.17) is 0 Å². The predicted octanol–water partition coefficient (Wildman–Crippen LogP) is 4.00. The van der Waals surface area contributed by atoms with Crippen molar-refractivity contribution in [3.8, 4) is 21.8 Å². The number of thiazole rings is 1. The van der Waals surface area contributed by atoms with Crippen LogP contribution in [0.3, 0.4) is 0 Å². The van der Waals surface area contributed by atoms with Crippen molar-refractivity contribution in [2.24, 2.45) is 0 Å². The molecule has 2 amide bonds. The molecule has 0 unspecified atom stereocenters. The van der Waals surface area contributed by atoms with Crippen LogP contribution >= 0.6 is 11.3 Å². The van der Waals surface area contributed by atoms with Gasteiger partial charge in [0.2, 0.25) is 5.43 Å². The lowest BCUT2D eigenvalue weighted by Gasteiger charge is -2.16. The van der Waals surface area contributed by atoms with Crippen molar-refractivity contribution in [3.05, 3.63) is 57.6 Å². The number of nitrogens with one attached hydrogen (secondary N) is 2. The van der Waals surface area contributed by atoms with Crippen molar-refractivity contribution < 1.29 is 27.9 Å². The Labute approximate surface area is 229 Å². The summed E-state index contributed by atoms with van der Waals surface area (Å²) in [6.07, 6.45) is -0.705. The number of carbonyl (C=O) groups is 2. The molecule has 4 rings (SSSR count). The summed E-state index contributed by atoms with van der Waals surface area (Å²) >= 11 is 0.738. The first-order chi connectivity index (χ1) is 18.9. The number of halogens is 3. The van der Waals surface area contributed by atoms with Crippen LogP contribution in [0.2, 0.25) is 0 Å². The van der Waals surface area contributed by atoms with E-state index in [0.29, 0.717) is 25.2 Å². The molecule has 0 fully saturated rings. The van der Waals surface area contributed by atoms with E-state index in [9.17, 15) is 32.7 Å². The molecule has 0 aliphatic heterocycles. The van der Waals surface area contributed by atoms with Gasteiger partial charge in [-0.15, -0.1) is 11.3 Å². The van der Waals surface area contributed by atoms with Crippen molar-refractivity contribution >= 4 is 40.1 Å². The summed E-state index contributed by atoms with van der Waals surface area (Å²) in [6, 6.07) is 2.18. The lowest BCUT2D eigenvalue weighted by atomic mass is 10.0. The Kier molecular flexibility index (Phi) is 8.16. The topological polar surface area (TPSA) is 142 Å². The Bertz CT molecular complexity index is 1650. The molecule has 0 aliphatic carbocycles. The number of aromatic carboxylic acids is 1. The molecular weight excluding hydrogens is 551 g/mol. The number of hydrogen-bond acceptors (Lipinski definition) is 8. The summed E-state index contributed by atoms with van der Waals surface area (Å²) < 4.78 is 41.6. The molecule has 15 heteroatoms. The molecule has 0 spiro atoms. The molecule has 4 aromatic heterocycles. The van der Waals surface area contributed by atoms with Crippen molar-refractivity contribution in [1.82, 2.24) is 29.7 Å². The minimum absolute atomic E-state index is 0.0201. The number of rotatable bonds is 8. The van der Waals surface area contributed by atoms with Gasteiger partial charge in [0, 0.05) is 48.5 Å². The second kappa shape index (κ2) is 11.4. The van der Waals surface area contributed by atoms with Gasteiger partial charge < -0.3 is 19.9 Å². The fourth-order valence-electron chi connectivity index (χ4n) is 3.83. The highest BCUT2D eigenvalue weighted by Gasteiger charge is 2.34. The highest BCUT2D eigenvalue weighted by atomic mass is 32.1. The maximum Gasteiger partial charge on any atom is 0.434 e. The Balaban J connectivity index is 1.91. The van der Waals surface area contributed by atoms with Crippen LogP contribution in [0.5, 0.6) is 0 Å². The van der Waals surface area contributed by atoms with Gasteiger partial charge in [-0.05, 0) is 33.2 Å². The van der Waals surface area contributed by atoms with Crippen molar-refractivity contribution in [2.45, 2.75) is 19.6 Å². The molecule has 0 aromatic carbocycles. The number of fused-ring (bicyclic) bond motifs is 1. The quantitative estimate of drug-likeness (QED) is 0.286. The summed E-state index contributed by atoms with van der Waals surface area (Å²) in [5.41, 5.74) is -1.30. The zero-order valence-corrected chi connectivity index (χ0v) is 22.4. The number of carboxylic acids is 1. The third-order valence-electron chi connectivity index (χ3n) is 5.77. The molecule has 0 saturated carbocycles. The van der Waals surface area contributed by atoms with E-state index in [-0.39, 0.29) is 33.0 Å². The third-order valence-corrected chi connectivity index (χ3v) is 6.64. The molecule has 11 nitrogen and oxygen atoms in total. The van der Waals surface area contributed by atoms with E-state index in [1.807, 2.05) is 19.0 Å². The maximum absolute atomic E-state index is 13.3. The van der Waals surface area contributed by atoms with E-state index >= 15 is 0 Å². The normalized spacial score (nSPS) is 11.7. The highest BCUT2D eigenvalue weighted by molar-refractivity contribution is 7.13. The Morgan fingerprint density at radius 2 is 1.90 bits per heavy atom. The zero-order chi connectivity index (χ0) is 29.2. The van der Waals surface area contributed by atoms with E-state index in [2.05, 4.69) is 25.6 Å². The molecule has 40 heavy (non-hydrogen) atoms. The van der Waals surface area contributed by atoms with Gasteiger partial charge >= 0.3 is 18.2 Å². The number of urea groups is 1. The molecule has 4 aromatic rings. The third kappa shape index (κ3) is 6.10. The van der Waals surface area contributed by atoms with Crippen LogP contribution in [0.15, 0.2) is 40.9 Å². The average molecular weight is 576 g/mol. The smallest absolute Gasteiger partial charge is 0.434 e.